The van der Waals surface area contributed by atoms with Gasteiger partial charge in [0.2, 0.25) is 0 Å². The minimum Gasteiger partial charge on any atom is -0.355 e. The molecule has 0 radical (unpaired) electrons. The number of carbonyl (C=O) groups is 1. The fourth-order valence-corrected chi connectivity index (χ4v) is 2.46. The van der Waals surface area contributed by atoms with Gasteiger partial charge in [0, 0.05) is 24.9 Å². The molecule has 0 saturated carbocycles. The van der Waals surface area contributed by atoms with Crippen molar-refractivity contribution in [1.29, 1.82) is 0 Å². The number of nitrogens with zero attached hydrogens (tertiary/aromatic N) is 3. The van der Waals surface area contributed by atoms with E-state index in [1.165, 1.54) is 0 Å². The minimum absolute atomic E-state index is 0.119. The molecule has 0 aliphatic carbocycles. The summed E-state index contributed by atoms with van der Waals surface area (Å²) >= 11 is 0. The Balaban J connectivity index is 1.76. The van der Waals surface area contributed by atoms with E-state index in [1.807, 2.05) is 50.4 Å². The third-order valence-corrected chi connectivity index (χ3v) is 3.73. The molecule has 0 fully saturated rings. The van der Waals surface area contributed by atoms with E-state index in [9.17, 15) is 4.79 Å². The largest absolute Gasteiger partial charge is 0.355 e. The van der Waals surface area contributed by atoms with Crippen LogP contribution in [0, 0.1) is 0 Å². The van der Waals surface area contributed by atoms with Gasteiger partial charge in [0.25, 0.3) is 5.91 Å². The van der Waals surface area contributed by atoms with Gasteiger partial charge in [0.15, 0.2) is 11.5 Å². The number of aryl methyl sites for hydroxylation is 1. The molecule has 2 aromatic heterocycles. The Hall–Kier alpha value is -2.89. The SMILES string of the molecule is CC[C@@H](NC(=O)c1cc(-c2ccccc2)on1)c1ccnn1C. The highest BCUT2D eigenvalue weighted by Crippen LogP contribution is 2.21. The summed E-state index contributed by atoms with van der Waals surface area (Å²) in [6.07, 6.45) is 2.47. The van der Waals surface area contributed by atoms with E-state index in [2.05, 4.69) is 15.6 Å². The van der Waals surface area contributed by atoms with Crippen molar-refractivity contribution in [3.8, 4) is 11.3 Å². The van der Waals surface area contributed by atoms with Gasteiger partial charge in [-0.15, -0.1) is 0 Å². The first-order valence-corrected chi connectivity index (χ1v) is 7.50. The van der Waals surface area contributed by atoms with E-state index in [-0.39, 0.29) is 17.6 Å². The lowest BCUT2D eigenvalue weighted by Gasteiger charge is -2.16. The van der Waals surface area contributed by atoms with Gasteiger partial charge in [-0.3, -0.25) is 9.48 Å². The van der Waals surface area contributed by atoms with Gasteiger partial charge >= 0.3 is 0 Å². The van der Waals surface area contributed by atoms with Crippen LogP contribution in [0.1, 0.15) is 35.6 Å². The van der Waals surface area contributed by atoms with Crippen LogP contribution in [0.25, 0.3) is 11.3 Å². The molecule has 2 heterocycles. The van der Waals surface area contributed by atoms with Crippen molar-refractivity contribution in [2.45, 2.75) is 19.4 Å². The minimum atomic E-state index is -0.260. The summed E-state index contributed by atoms with van der Waals surface area (Å²) in [5, 5.41) is 11.0. The van der Waals surface area contributed by atoms with Crippen LogP contribution in [0.4, 0.5) is 0 Å². The van der Waals surface area contributed by atoms with Gasteiger partial charge in [0.05, 0.1) is 11.7 Å². The van der Waals surface area contributed by atoms with Crippen LogP contribution < -0.4 is 5.32 Å². The normalized spacial score (nSPS) is 12.1. The van der Waals surface area contributed by atoms with Crippen molar-refractivity contribution >= 4 is 5.91 Å². The van der Waals surface area contributed by atoms with Gasteiger partial charge in [0.1, 0.15) is 0 Å². The summed E-state index contributed by atoms with van der Waals surface area (Å²) in [6.45, 7) is 2.01. The Morgan fingerprint density at radius 1 is 1.30 bits per heavy atom. The second-order valence-electron chi connectivity index (χ2n) is 5.26. The molecule has 3 aromatic rings. The quantitative estimate of drug-likeness (QED) is 0.786. The molecule has 1 aromatic carbocycles. The van der Waals surface area contributed by atoms with Crippen LogP contribution in [0.15, 0.2) is 53.2 Å². The summed E-state index contributed by atoms with van der Waals surface area (Å²) in [5.74, 6) is 0.313. The summed E-state index contributed by atoms with van der Waals surface area (Å²) in [6, 6.07) is 13.0. The lowest BCUT2D eigenvalue weighted by Crippen LogP contribution is -2.29. The predicted molar refractivity (Wildman–Crippen MR) is 85.6 cm³/mol. The highest BCUT2D eigenvalue weighted by Gasteiger charge is 2.19. The molecule has 3 rings (SSSR count). The number of benzene rings is 1. The van der Waals surface area contributed by atoms with Crippen LogP contribution in [-0.2, 0) is 7.05 Å². The van der Waals surface area contributed by atoms with Crippen molar-refractivity contribution < 1.29 is 9.32 Å². The Labute approximate surface area is 134 Å². The predicted octanol–water partition coefficient (Wildman–Crippen LogP) is 2.96. The summed E-state index contributed by atoms with van der Waals surface area (Å²) < 4.78 is 7.03. The van der Waals surface area contributed by atoms with Gasteiger partial charge in [-0.25, -0.2) is 0 Å². The number of rotatable bonds is 5. The van der Waals surface area contributed by atoms with Crippen LogP contribution >= 0.6 is 0 Å². The molecule has 0 saturated heterocycles. The standard InChI is InChI=1S/C17H18N4O2/c1-3-13(15-9-10-18-21(15)2)19-17(22)14-11-16(23-20-14)12-7-5-4-6-8-12/h4-11,13H,3H2,1-2H3,(H,19,22)/t13-/m1/s1. The van der Waals surface area contributed by atoms with Gasteiger partial charge in [-0.05, 0) is 12.5 Å². The Bertz CT molecular complexity index is 792. The monoisotopic (exact) mass is 310 g/mol. The zero-order chi connectivity index (χ0) is 16.2. The number of hydrogen-bond donors (Lipinski definition) is 1. The van der Waals surface area contributed by atoms with Crippen molar-refractivity contribution in [2.75, 3.05) is 0 Å². The first-order chi connectivity index (χ1) is 11.2. The van der Waals surface area contributed by atoms with Gasteiger partial charge in [-0.2, -0.15) is 5.10 Å². The van der Waals surface area contributed by atoms with Crippen LogP contribution in [0.5, 0.6) is 0 Å². The Morgan fingerprint density at radius 3 is 2.74 bits per heavy atom. The van der Waals surface area contributed by atoms with Gasteiger partial charge in [-0.1, -0.05) is 42.4 Å². The van der Waals surface area contributed by atoms with Crippen molar-refractivity contribution in [3.05, 3.63) is 60.0 Å². The molecule has 1 amide bonds. The average molecular weight is 310 g/mol. The van der Waals surface area contributed by atoms with Crippen molar-refractivity contribution in [2.24, 2.45) is 7.05 Å². The second kappa shape index (κ2) is 6.48. The number of hydrogen-bond acceptors (Lipinski definition) is 4. The summed E-state index contributed by atoms with van der Waals surface area (Å²) in [7, 11) is 1.85. The zero-order valence-corrected chi connectivity index (χ0v) is 13.1. The van der Waals surface area contributed by atoms with Crippen LogP contribution in [-0.4, -0.2) is 20.8 Å². The maximum Gasteiger partial charge on any atom is 0.274 e. The Morgan fingerprint density at radius 2 is 2.09 bits per heavy atom. The van der Waals surface area contributed by atoms with Crippen LogP contribution in [0.3, 0.4) is 0 Å². The molecular weight excluding hydrogens is 292 g/mol. The number of carbonyl (C=O) groups excluding carboxylic acids is 1. The first kappa shape index (κ1) is 15.0. The smallest absolute Gasteiger partial charge is 0.274 e. The number of aromatic nitrogens is 3. The third-order valence-electron chi connectivity index (χ3n) is 3.73. The fraction of sp³-hybridized carbons (Fsp3) is 0.235. The molecule has 0 bridgehead atoms. The molecule has 118 valence electrons. The number of nitrogens with one attached hydrogen (secondary N) is 1. The van der Waals surface area contributed by atoms with Gasteiger partial charge < -0.3 is 9.84 Å². The molecule has 6 heteroatoms. The Kier molecular flexibility index (Phi) is 4.23. The molecule has 6 nitrogen and oxygen atoms in total. The molecular formula is C17H18N4O2. The molecule has 0 aliphatic rings. The van der Waals surface area contributed by atoms with Crippen LogP contribution in [0.2, 0.25) is 0 Å². The maximum atomic E-state index is 12.4. The van der Waals surface area contributed by atoms with E-state index < -0.39 is 0 Å². The summed E-state index contributed by atoms with van der Waals surface area (Å²) in [5.41, 5.74) is 2.11. The third kappa shape index (κ3) is 3.15. The molecule has 0 unspecified atom stereocenters. The molecule has 23 heavy (non-hydrogen) atoms. The molecule has 0 aliphatic heterocycles. The maximum absolute atomic E-state index is 12.4. The number of amides is 1. The molecule has 0 spiro atoms. The first-order valence-electron chi connectivity index (χ1n) is 7.50. The van der Waals surface area contributed by atoms with E-state index in [0.29, 0.717) is 5.76 Å². The average Bonchev–Trinajstić information content (AvgIpc) is 3.22. The summed E-state index contributed by atoms with van der Waals surface area (Å²) in [4.78, 5) is 12.4. The molecule has 1 N–H and O–H groups in total. The van der Waals surface area contributed by atoms with Crippen molar-refractivity contribution in [3.63, 3.8) is 0 Å². The highest BCUT2D eigenvalue weighted by atomic mass is 16.5. The van der Waals surface area contributed by atoms with Crippen molar-refractivity contribution in [1.82, 2.24) is 20.3 Å². The zero-order valence-electron chi connectivity index (χ0n) is 13.1. The van der Waals surface area contributed by atoms with E-state index in [1.54, 1.807) is 16.9 Å². The topological polar surface area (TPSA) is 73.0 Å². The fourth-order valence-electron chi connectivity index (χ4n) is 2.46. The van der Waals surface area contributed by atoms with E-state index in [0.717, 1.165) is 17.7 Å². The second-order valence-corrected chi connectivity index (χ2v) is 5.26. The molecule has 1 atom stereocenters. The lowest BCUT2D eigenvalue weighted by atomic mass is 10.1. The lowest BCUT2D eigenvalue weighted by molar-refractivity contribution is 0.0925. The van der Waals surface area contributed by atoms with E-state index >= 15 is 0 Å². The highest BCUT2D eigenvalue weighted by molar-refractivity contribution is 5.93. The van der Waals surface area contributed by atoms with E-state index in [4.69, 9.17) is 4.52 Å².